The van der Waals surface area contributed by atoms with Crippen LogP contribution in [0, 0.1) is 11.6 Å². The first-order valence-corrected chi connectivity index (χ1v) is 9.49. The topological polar surface area (TPSA) is 73.6 Å². The van der Waals surface area contributed by atoms with Gasteiger partial charge in [-0.2, -0.15) is 0 Å². The van der Waals surface area contributed by atoms with E-state index < -0.39 is 5.82 Å². The first kappa shape index (κ1) is 17.1. The Morgan fingerprint density at radius 3 is 2.80 bits per heavy atom. The summed E-state index contributed by atoms with van der Waals surface area (Å²) in [6.07, 6.45) is 3.02. The molecular formula is C21H15F2N5O2. The molecule has 0 aliphatic carbocycles. The fourth-order valence-corrected chi connectivity index (χ4v) is 4.14. The quantitative estimate of drug-likeness (QED) is 0.520. The molecule has 6 rings (SSSR count). The van der Waals surface area contributed by atoms with Gasteiger partial charge in [0.15, 0.2) is 17.2 Å². The Kier molecular flexibility index (Phi) is 3.64. The summed E-state index contributed by atoms with van der Waals surface area (Å²) in [7, 11) is 0. The molecule has 3 aromatic heterocycles. The Bertz CT molecular complexity index is 1310. The number of nitrogens with zero attached hydrogens (tertiary/aromatic N) is 4. The van der Waals surface area contributed by atoms with Crippen molar-refractivity contribution < 1.29 is 18.3 Å². The van der Waals surface area contributed by atoms with Crippen LogP contribution in [0.25, 0.3) is 16.9 Å². The number of hydrogen-bond acceptors (Lipinski definition) is 6. The molecule has 9 heteroatoms. The normalized spacial score (nSPS) is 17.1. The molecule has 7 nitrogen and oxygen atoms in total. The largest absolute Gasteiger partial charge is 0.493 e. The maximum absolute atomic E-state index is 14.6. The average molecular weight is 407 g/mol. The van der Waals surface area contributed by atoms with Crippen molar-refractivity contribution in [1.82, 2.24) is 19.6 Å². The zero-order valence-electron chi connectivity index (χ0n) is 15.6. The van der Waals surface area contributed by atoms with Crippen molar-refractivity contribution in [3.8, 4) is 22.8 Å². The zero-order valence-corrected chi connectivity index (χ0v) is 15.6. The van der Waals surface area contributed by atoms with E-state index in [0.29, 0.717) is 40.7 Å². The average Bonchev–Trinajstić information content (AvgIpc) is 3.40. The van der Waals surface area contributed by atoms with Gasteiger partial charge >= 0.3 is 0 Å². The van der Waals surface area contributed by atoms with Gasteiger partial charge in [0.25, 0.3) is 0 Å². The number of aromatic nitrogens is 4. The fourth-order valence-electron chi connectivity index (χ4n) is 4.14. The summed E-state index contributed by atoms with van der Waals surface area (Å²) in [6, 6.07) is 7.63. The molecule has 0 spiro atoms. The lowest BCUT2D eigenvalue weighted by Gasteiger charge is -2.16. The standard InChI is InChI=1S/C21H15F2N5O2/c22-14-3-4-16-18-11(8-29-16)9-30-17-6-12(19-15(23)2-1-5-24-19)20-27-26-10-28(20)21(17)25-7-13(14)18/h1-6,10-11,25H,7-9H2/t11-/m0/s1. The van der Waals surface area contributed by atoms with E-state index in [0.717, 1.165) is 5.56 Å². The summed E-state index contributed by atoms with van der Waals surface area (Å²) in [4.78, 5) is 4.17. The molecule has 0 unspecified atom stereocenters. The van der Waals surface area contributed by atoms with Crippen LogP contribution >= 0.6 is 0 Å². The van der Waals surface area contributed by atoms with E-state index in [1.54, 1.807) is 16.5 Å². The molecule has 1 atom stereocenters. The van der Waals surface area contributed by atoms with Crippen LogP contribution in [-0.2, 0) is 6.54 Å². The number of nitrogens with one attached hydrogen (secondary N) is 1. The van der Waals surface area contributed by atoms with Gasteiger partial charge in [-0.05, 0) is 30.3 Å². The third-order valence-corrected chi connectivity index (χ3v) is 5.53. The molecular weight excluding hydrogens is 392 g/mol. The van der Waals surface area contributed by atoms with E-state index >= 15 is 0 Å². The van der Waals surface area contributed by atoms with Crippen molar-refractivity contribution in [2.75, 3.05) is 18.5 Å². The summed E-state index contributed by atoms with van der Waals surface area (Å²) in [5.41, 5.74) is 2.40. The van der Waals surface area contributed by atoms with E-state index in [9.17, 15) is 8.78 Å². The van der Waals surface area contributed by atoms with Gasteiger partial charge in [-0.25, -0.2) is 8.78 Å². The molecule has 1 N–H and O–H groups in total. The minimum atomic E-state index is -0.471. The summed E-state index contributed by atoms with van der Waals surface area (Å²) in [6.45, 7) is 0.934. The van der Waals surface area contributed by atoms with Crippen LogP contribution in [-0.4, -0.2) is 32.8 Å². The predicted octanol–water partition coefficient (Wildman–Crippen LogP) is 3.55. The first-order valence-electron chi connectivity index (χ1n) is 9.49. The number of hydrogen-bond donors (Lipinski definition) is 1. The van der Waals surface area contributed by atoms with Gasteiger partial charge in [0, 0.05) is 23.9 Å². The van der Waals surface area contributed by atoms with E-state index in [4.69, 9.17) is 9.47 Å². The van der Waals surface area contributed by atoms with Crippen molar-refractivity contribution in [3.05, 3.63) is 65.6 Å². The number of pyridine rings is 2. The van der Waals surface area contributed by atoms with Crippen LogP contribution in [0.5, 0.6) is 11.5 Å². The Hall–Kier alpha value is -3.75. The van der Waals surface area contributed by atoms with Gasteiger partial charge in [-0.3, -0.25) is 9.38 Å². The highest BCUT2D eigenvalue weighted by molar-refractivity contribution is 5.80. The zero-order chi connectivity index (χ0) is 20.2. The third kappa shape index (κ3) is 2.44. The van der Waals surface area contributed by atoms with Crippen molar-refractivity contribution in [2.45, 2.75) is 12.5 Å². The molecule has 0 saturated carbocycles. The van der Waals surface area contributed by atoms with Crippen LogP contribution in [0.4, 0.5) is 14.6 Å². The summed E-state index contributed by atoms with van der Waals surface area (Å²) < 4.78 is 42.6. The smallest absolute Gasteiger partial charge is 0.172 e. The molecule has 150 valence electrons. The Morgan fingerprint density at radius 1 is 1.07 bits per heavy atom. The van der Waals surface area contributed by atoms with Crippen LogP contribution in [0.2, 0.25) is 0 Å². The molecule has 2 aliphatic rings. The molecule has 2 aliphatic heterocycles. The van der Waals surface area contributed by atoms with E-state index in [2.05, 4.69) is 20.5 Å². The molecule has 30 heavy (non-hydrogen) atoms. The number of benzene rings is 1. The second-order valence-corrected chi connectivity index (χ2v) is 7.24. The highest BCUT2D eigenvalue weighted by atomic mass is 19.1. The van der Waals surface area contributed by atoms with Crippen LogP contribution in [0.15, 0.2) is 42.9 Å². The molecule has 0 saturated heterocycles. The van der Waals surface area contributed by atoms with Crippen LogP contribution in [0.1, 0.15) is 17.0 Å². The highest BCUT2D eigenvalue weighted by Crippen LogP contribution is 2.41. The number of fused-ring (bicyclic) bond motifs is 3. The van der Waals surface area contributed by atoms with Crippen LogP contribution < -0.4 is 14.8 Å². The first-order chi connectivity index (χ1) is 14.7. The molecule has 5 heterocycles. The second-order valence-electron chi connectivity index (χ2n) is 7.24. The summed E-state index contributed by atoms with van der Waals surface area (Å²) >= 11 is 0. The van der Waals surface area contributed by atoms with Gasteiger partial charge in [0.2, 0.25) is 0 Å². The maximum Gasteiger partial charge on any atom is 0.172 e. The molecule has 4 aromatic rings. The van der Waals surface area contributed by atoms with Crippen molar-refractivity contribution >= 4 is 11.5 Å². The van der Waals surface area contributed by atoms with E-state index in [1.807, 2.05) is 0 Å². The van der Waals surface area contributed by atoms with Crippen molar-refractivity contribution in [2.24, 2.45) is 0 Å². The van der Waals surface area contributed by atoms with Crippen LogP contribution in [0.3, 0.4) is 0 Å². The Labute approximate surface area is 169 Å². The molecule has 0 amide bonds. The minimum Gasteiger partial charge on any atom is -0.493 e. The molecule has 0 bridgehead atoms. The number of ether oxygens (including phenoxy) is 2. The maximum atomic E-state index is 14.6. The SMILES string of the molecule is Fc1cccnc1-c1cc2c(n3cnnc13)NCc1c(F)ccc3c1[C@@H](CO3)CO2. The van der Waals surface area contributed by atoms with Gasteiger partial charge in [0.05, 0.1) is 24.7 Å². The fraction of sp³-hybridized carbons (Fsp3) is 0.190. The summed E-state index contributed by atoms with van der Waals surface area (Å²) in [5, 5.41) is 11.4. The van der Waals surface area contributed by atoms with Crippen molar-refractivity contribution in [3.63, 3.8) is 0 Å². The number of anilines is 1. The lowest BCUT2D eigenvalue weighted by molar-refractivity contribution is 0.249. The Morgan fingerprint density at radius 2 is 1.93 bits per heavy atom. The number of rotatable bonds is 1. The lowest BCUT2D eigenvalue weighted by Crippen LogP contribution is -2.13. The van der Waals surface area contributed by atoms with Gasteiger partial charge in [-0.1, -0.05) is 0 Å². The molecule has 0 fully saturated rings. The number of halogens is 2. The second kappa shape index (κ2) is 6.38. The third-order valence-electron chi connectivity index (χ3n) is 5.53. The molecule has 1 aromatic carbocycles. The van der Waals surface area contributed by atoms with Crippen molar-refractivity contribution in [1.29, 1.82) is 0 Å². The predicted molar refractivity (Wildman–Crippen MR) is 104 cm³/mol. The van der Waals surface area contributed by atoms with Gasteiger partial charge in [-0.15, -0.1) is 10.2 Å². The van der Waals surface area contributed by atoms with E-state index in [-0.39, 0.29) is 30.6 Å². The lowest BCUT2D eigenvalue weighted by atomic mass is 9.96. The van der Waals surface area contributed by atoms with E-state index in [1.165, 1.54) is 30.7 Å². The highest BCUT2D eigenvalue weighted by Gasteiger charge is 2.31. The summed E-state index contributed by atoms with van der Waals surface area (Å²) in [5.74, 6) is 0.842. The van der Waals surface area contributed by atoms with Gasteiger partial charge in [0.1, 0.15) is 29.4 Å². The minimum absolute atomic E-state index is 0.106. The molecule has 0 radical (unpaired) electrons. The Balaban J connectivity index is 1.54. The van der Waals surface area contributed by atoms with Gasteiger partial charge < -0.3 is 14.8 Å². The monoisotopic (exact) mass is 407 g/mol.